The smallest absolute Gasteiger partial charge is 0.274 e. The van der Waals surface area contributed by atoms with Gasteiger partial charge in [0.2, 0.25) is 0 Å². The Morgan fingerprint density at radius 1 is 1.09 bits per heavy atom. The van der Waals surface area contributed by atoms with Gasteiger partial charge in [-0.05, 0) is 19.1 Å². The van der Waals surface area contributed by atoms with E-state index in [4.69, 9.17) is 4.42 Å². The maximum absolute atomic E-state index is 12.4. The topological polar surface area (TPSA) is 68.0 Å². The summed E-state index contributed by atoms with van der Waals surface area (Å²) in [4.78, 5) is 20.7. The third-order valence-electron chi connectivity index (χ3n) is 3.30. The van der Waals surface area contributed by atoms with Crippen molar-refractivity contribution in [3.05, 3.63) is 72.5 Å². The quantitative estimate of drug-likeness (QED) is 0.802. The summed E-state index contributed by atoms with van der Waals surface area (Å²) in [6.07, 6.45) is 2.98. The van der Waals surface area contributed by atoms with Crippen LogP contribution in [0.5, 0.6) is 0 Å². The fourth-order valence-electron chi connectivity index (χ4n) is 2.17. The number of nitrogens with one attached hydrogen (secondary N) is 1. The molecule has 1 N–H and O–H groups in total. The average molecular weight is 293 g/mol. The molecule has 0 spiro atoms. The number of pyridine rings is 1. The van der Waals surface area contributed by atoms with E-state index >= 15 is 0 Å². The molecule has 0 saturated carbocycles. The summed E-state index contributed by atoms with van der Waals surface area (Å²) in [5.74, 6) is 0.178. The zero-order valence-electron chi connectivity index (χ0n) is 12.1. The number of benzene rings is 1. The minimum atomic E-state index is -0.286. The van der Waals surface area contributed by atoms with Crippen LogP contribution in [-0.2, 0) is 0 Å². The second kappa shape index (κ2) is 6.22. The van der Waals surface area contributed by atoms with Crippen LogP contribution in [0, 0.1) is 0 Å². The van der Waals surface area contributed by atoms with Crippen molar-refractivity contribution < 1.29 is 9.21 Å². The molecule has 0 saturated heterocycles. The number of amides is 1. The first-order valence-corrected chi connectivity index (χ1v) is 6.96. The Hall–Kier alpha value is -2.95. The fourth-order valence-corrected chi connectivity index (χ4v) is 2.17. The second-order valence-corrected chi connectivity index (χ2v) is 4.85. The molecule has 2 aromatic heterocycles. The molecule has 0 aliphatic rings. The average Bonchev–Trinajstić information content (AvgIpc) is 3.06. The van der Waals surface area contributed by atoms with Crippen molar-refractivity contribution in [2.75, 3.05) is 0 Å². The Balaban J connectivity index is 1.81. The Bertz CT molecular complexity index is 754. The van der Waals surface area contributed by atoms with Gasteiger partial charge in [-0.25, -0.2) is 4.98 Å². The van der Waals surface area contributed by atoms with Crippen LogP contribution in [0.15, 0.2) is 65.5 Å². The highest BCUT2D eigenvalue weighted by atomic mass is 16.3. The lowest BCUT2D eigenvalue weighted by atomic mass is 10.1. The number of aromatic nitrogens is 2. The summed E-state index contributed by atoms with van der Waals surface area (Å²) in [6.45, 7) is 1.88. The molecule has 0 radical (unpaired) electrons. The third-order valence-corrected chi connectivity index (χ3v) is 3.30. The Morgan fingerprint density at radius 3 is 2.59 bits per heavy atom. The van der Waals surface area contributed by atoms with Gasteiger partial charge in [-0.2, -0.15) is 0 Å². The van der Waals surface area contributed by atoms with Crippen LogP contribution >= 0.6 is 0 Å². The molecule has 3 aromatic rings. The van der Waals surface area contributed by atoms with E-state index in [1.54, 1.807) is 6.20 Å². The van der Waals surface area contributed by atoms with Crippen molar-refractivity contribution in [1.29, 1.82) is 0 Å². The van der Waals surface area contributed by atoms with Gasteiger partial charge in [-0.3, -0.25) is 9.78 Å². The maximum Gasteiger partial charge on any atom is 0.274 e. The van der Waals surface area contributed by atoms with Gasteiger partial charge in [0.05, 0.1) is 11.7 Å². The lowest BCUT2D eigenvalue weighted by molar-refractivity contribution is 0.0935. The highest BCUT2D eigenvalue weighted by Gasteiger charge is 2.20. The molecule has 0 aliphatic heterocycles. The van der Waals surface area contributed by atoms with Crippen LogP contribution in [0.1, 0.15) is 29.1 Å². The Kier molecular flexibility index (Phi) is 3.96. The number of nitrogens with zero attached hydrogens (tertiary/aromatic N) is 2. The highest BCUT2D eigenvalue weighted by molar-refractivity contribution is 5.97. The van der Waals surface area contributed by atoms with E-state index in [1.165, 1.54) is 6.39 Å². The van der Waals surface area contributed by atoms with Crippen LogP contribution in [0.2, 0.25) is 0 Å². The van der Waals surface area contributed by atoms with E-state index in [0.29, 0.717) is 5.76 Å². The van der Waals surface area contributed by atoms with Gasteiger partial charge < -0.3 is 9.73 Å². The van der Waals surface area contributed by atoms with E-state index in [1.807, 2.05) is 55.5 Å². The van der Waals surface area contributed by atoms with E-state index in [2.05, 4.69) is 15.3 Å². The van der Waals surface area contributed by atoms with Gasteiger partial charge in [-0.15, -0.1) is 0 Å². The number of oxazole rings is 1. The number of rotatable bonds is 4. The molecule has 3 rings (SSSR count). The predicted molar refractivity (Wildman–Crippen MR) is 82.1 cm³/mol. The van der Waals surface area contributed by atoms with Gasteiger partial charge >= 0.3 is 0 Å². The van der Waals surface area contributed by atoms with Gasteiger partial charge in [0, 0.05) is 11.8 Å². The SMILES string of the molecule is C[C@H](NC(=O)c1ncoc1-c1ccccc1)c1ccccn1. The molecular formula is C17H15N3O2. The number of hydrogen-bond acceptors (Lipinski definition) is 4. The molecule has 0 unspecified atom stereocenters. The first-order valence-electron chi connectivity index (χ1n) is 6.96. The van der Waals surface area contributed by atoms with Crippen LogP contribution in [0.3, 0.4) is 0 Å². The molecular weight excluding hydrogens is 278 g/mol. The lowest BCUT2D eigenvalue weighted by Crippen LogP contribution is -2.27. The molecule has 0 bridgehead atoms. The standard InChI is InChI=1S/C17H15N3O2/c1-12(14-9-5-6-10-18-14)20-17(21)15-16(22-11-19-15)13-7-3-2-4-8-13/h2-12H,1H3,(H,20,21)/t12-/m0/s1. The number of hydrogen-bond donors (Lipinski definition) is 1. The Labute approximate surface area is 128 Å². The minimum Gasteiger partial charge on any atom is -0.443 e. The summed E-state index contributed by atoms with van der Waals surface area (Å²) >= 11 is 0. The molecule has 110 valence electrons. The zero-order valence-corrected chi connectivity index (χ0v) is 12.1. The summed E-state index contributed by atoms with van der Waals surface area (Å²) in [6, 6.07) is 14.8. The van der Waals surface area contributed by atoms with Gasteiger partial charge in [0.1, 0.15) is 0 Å². The highest BCUT2D eigenvalue weighted by Crippen LogP contribution is 2.23. The monoisotopic (exact) mass is 293 g/mol. The van der Waals surface area contributed by atoms with Crippen molar-refractivity contribution in [2.45, 2.75) is 13.0 Å². The first kappa shape index (κ1) is 14.0. The van der Waals surface area contributed by atoms with Gasteiger partial charge in [0.15, 0.2) is 17.8 Å². The third kappa shape index (κ3) is 2.88. The number of carbonyl (C=O) groups is 1. The fraction of sp³-hybridized carbons (Fsp3) is 0.118. The normalized spacial score (nSPS) is 11.9. The maximum atomic E-state index is 12.4. The summed E-state index contributed by atoms with van der Waals surface area (Å²) < 4.78 is 5.37. The predicted octanol–water partition coefficient (Wildman–Crippen LogP) is 3.23. The molecule has 1 amide bonds. The first-order chi connectivity index (χ1) is 10.8. The van der Waals surface area contributed by atoms with E-state index in [9.17, 15) is 4.79 Å². The van der Waals surface area contributed by atoms with Gasteiger partial charge in [-0.1, -0.05) is 36.4 Å². The summed E-state index contributed by atoms with van der Waals surface area (Å²) in [5.41, 5.74) is 1.88. The summed E-state index contributed by atoms with van der Waals surface area (Å²) in [5, 5.41) is 2.88. The van der Waals surface area contributed by atoms with Crippen LogP contribution in [0.25, 0.3) is 11.3 Å². The van der Waals surface area contributed by atoms with Crippen molar-refractivity contribution in [3.63, 3.8) is 0 Å². The molecule has 1 aromatic carbocycles. The molecule has 0 aliphatic carbocycles. The lowest BCUT2D eigenvalue weighted by Gasteiger charge is -2.12. The van der Waals surface area contributed by atoms with Crippen LogP contribution in [-0.4, -0.2) is 15.9 Å². The van der Waals surface area contributed by atoms with Crippen molar-refractivity contribution >= 4 is 5.91 Å². The van der Waals surface area contributed by atoms with Crippen molar-refractivity contribution in [3.8, 4) is 11.3 Å². The van der Waals surface area contributed by atoms with E-state index in [0.717, 1.165) is 11.3 Å². The van der Waals surface area contributed by atoms with Gasteiger partial charge in [0.25, 0.3) is 5.91 Å². The zero-order chi connectivity index (χ0) is 15.4. The Morgan fingerprint density at radius 2 is 1.86 bits per heavy atom. The second-order valence-electron chi connectivity index (χ2n) is 4.85. The molecule has 1 atom stereocenters. The number of carbonyl (C=O) groups excluding carboxylic acids is 1. The molecule has 2 heterocycles. The largest absolute Gasteiger partial charge is 0.443 e. The minimum absolute atomic E-state index is 0.214. The van der Waals surface area contributed by atoms with Crippen LogP contribution in [0.4, 0.5) is 0 Å². The molecule has 5 nitrogen and oxygen atoms in total. The van der Waals surface area contributed by atoms with Crippen molar-refractivity contribution in [2.24, 2.45) is 0 Å². The van der Waals surface area contributed by atoms with Crippen LogP contribution < -0.4 is 5.32 Å². The molecule has 0 fully saturated rings. The molecule has 22 heavy (non-hydrogen) atoms. The van der Waals surface area contributed by atoms with E-state index < -0.39 is 0 Å². The summed E-state index contributed by atoms with van der Waals surface area (Å²) in [7, 11) is 0. The molecule has 5 heteroatoms. The van der Waals surface area contributed by atoms with E-state index in [-0.39, 0.29) is 17.6 Å². The van der Waals surface area contributed by atoms with Crippen molar-refractivity contribution in [1.82, 2.24) is 15.3 Å².